The summed E-state index contributed by atoms with van der Waals surface area (Å²) in [5, 5.41) is 12.5. The van der Waals surface area contributed by atoms with Crippen LogP contribution in [0.1, 0.15) is 31.2 Å². The molecule has 1 aliphatic carbocycles. The first-order chi connectivity index (χ1) is 8.59. The molecule has 0 saturated heterocycles. The molecule has 98 valence electrons. The Kier molecular flexibility index (Phi) is 3.97. The predicted molar refractivity (Wildman–Crippen MR) is 66.5 cm³/mol. The Labute approximate surface area is 106 Å². The maximum Gasteiger partial charge on any atom is 0.220 e. The third-order valence-electron chi connectivity index (χ3n) is 3.48. The van der Waals surface area contributed by atoms with Crippen molar-refractivity contribution in [3.63, 3.8) is 0 Å². The lowest BCUT2D eigenvalue weighted by molar-refractivity contribution is -0.123. The predicted octanol–water partition coefficient (Wildman–Crippen LogP) is 1.79. The molecule has 2 N–H and O–H groups in total. The van der Waals surface area contributed by atoms with Crippen molar-refractivity contribution in [1.29, 1.82) is 0 Å². The first kappa shape index (κ1) is 13.0. The van der Waals surface area contributed by atoms with E-state index in [1.54, 1.807) is 18.2 Å². The van der Waals surface area contributed by atoms with E-state index in [2.05, 4.69) is 5.32 Å². The highest BCUT2D eigenvalue weighted by Crippen LogP contribution is 2.30. The van der Waals surface area contributed by atoms with E-state index in [1.807, 2.05) is 0 Å². The minimum absolute atomic E-state index is 0.140. The number of halogens is 1. The van der Waals surface area contributed by atoms with Crippen LogP contribution in [0.3, 0.4) is 0 Å². The minimum atomic E-state index is -0.701. The molecule has 1 aliphatic rings. The lowest BCUT2D eigenvalue weighted by atomic mass is 9.80. The molecule has 1 aromatic rings. The number of benzene rings is 1. The number of aliphatic hydroxyl groups is 1. The van der Waals surface area contributed by atoms with Crippen LogP contribution < -0.4 is 5.32 Å². The molecule has 0 spiro atoms. The Morgan fingerprint density at radius 3 is 2.72 bits per heavy atom. The van der Waals surface area contributed by atoms with Gasteiger partial charge in [-0.25, -0.2) is 4.39 Å². The van der Waals surface area contributed by atoms with Crippen molar-refractivity contribution in [3.8, 4) is 0 Å². The van der Waals surface area contributed by atoms with Crippen molar-refractivity contribution >= 4 is 5.91 Å². The van der Waals surface area contributed by atoms with E-state index in [9.17, 15) is 14.3 Å². The number of rotatable bonds is 5. The second-order valence-corrected chi connectivity index (χ2v) is 4.95. The van der Waals surface area contributed by atoms with E-state index in [0.29, 0.717) is 18.5 Å². The molecule has 1 saturated carbocycles. The van der Waals surface area contributed by atoms with E-state index < -0.39 is 5.60 Å². The molecule has 4 heteroatoms. The Morgan fingerprint density at radius 1 is 1.39 bits per heavy atom. The third kappa shape index (κ3) is 3.29. The molecule has 1 aromatic carbocycles. The molecule has 3 nitrogen and oxygen atoms in total. The van der Waals surface area contributed by atoms with Gasteiger partial charge in [0.25, 0.3) is 0 Å². The molecule has 1 amide bonds. The highest BCUT2D eigenvalue weighted by atomic mass is 19.1. The Balaban J connectivity index is 1.73. The van der Waals surface area contributed by atoms with Gasteiger partial charge in [-0.05, 0) is 37.3 Å². The number of nitrogens with one attached hydrogen (secondary N) is 1. The van der Waals surface area contributed by atoms with E-state index in [1.165, 1.54) is 6.07 Å². The van der Waals surface area contributed by atoms with Gasteiger partial charge in [-0.15, -0.1) is 0 Å². The lowest BCUT2D eigenvalue weighted by Crippen LogP contribution is -2.47. The van der Waals surface area contributed by atoms with Gasteiger partial charge in [0, 0.05) is 13.0 Å². The average Bonchev–Trinajstić information content (AvgIpc) is 2.33. The zero-order chi connectivity index (χ0) is 13.0. The molecule has 18 heavy (non-hydrogen) atoms. The quantitative estimate of drug-likeness (QED) is 0.838. The van der Waals surface area contributed by atoms with Gasteiger partial charge in [0.15, 0.2) is 0 Å². The molecule has 0 unspecified atom stereocenters. The van der Waals surface area contributed by atoms with Crippen LogP contribution in [-0.4, -0.2) is 23.2 Å². The molecule has 0 radical (unpaired) electrons. The lowest BCUT2D eigenvalue weighted by Gasteiger charge is -2.36. The summed E-state index contributed by atoms with van der Waals surface area (Å²) in [7, 11) is 0. The largest absolute Gasteiger partial charge is 0.388 e. The van der Waals surface area contributed by atoms with Crippen molar-refractivity contribution < 1.29 is 14.3 Å². The summed E-state index contributed by atoms with van der Waals surface area (Å²) in [6.45, 7) is 0.309. The van der Waals surface area contributed by atoms with Crippen LogP contribution in [0.4, 0.5) is 4.39 Å². The normalized spacial score (nSPS) is 17.0. The van der Waals surface area contributed by atoms with Crippen molar-refractivity contribution in [3.05, 3.63) is 35.6 Å². The zero-order valence-electron chi connectivity index (χ0n) is 10.3. The van der Waals surface area contributed by atoms with Crippen LogP contribution >= 0.6 is 0 Å². The molecule has 0 aromatic heterocycles. The molecule has 0 heterocycles. The van der Waals surface area contributed by atoms with Gasteiger partial charge in [0.2, 0.25) is 5.91 Å². The summed E-state index contributed by atoms with van der Waals surface area (Å²) in [5.74, 6) is -0.415. The zero-order valence-corrected chi connectivity index (χ0v) is 10.3. The Hall–Kier alpha value is -1.42. The molecule has 0 atom stereocenters. The van der Waals surface area contributed by atoms with Crippen molar-refractivity contribution in [1.82, 2.24) is 5.32 Å². The van der Waals surface area contributed by atoms with Crippen LogP contribution in [0.15, 0.2) is 24.3 Å². The summed E-state index contributed by atoms with van der Waals surface area (Å²) >= 11 is 0. The fourth-order valence-corrected chi connectivity index (χ4v) is 2.06. The van der Waals surface area contributed by atoms with Gasteiger partial charge < -0.3 is 10.4 Å². The van der Waals surface area contributed by atoms with Gasteiger partial charge in [-0.3, -0.25) is 4.79 Å². The molecule has 0 bridgehead atoms. The molecular weight excluding hydrogens is 233 g/mol. The van der Waals surface area contributed by atoms with Crippen LogP contribution in [0.25, 0.3) is 0 Å². The molecule has 2 rings (SSSR count). The Bertz CT molecular complexity index is 430. The van der Waals surface area contributed by atoms with Gasteiger partial charge in [0.05, 0.1) is 5.60 Å². The van der Waals surface area contributed by atoms with E-state index in [-0.39, 0.29) is 18.1 Å². The average molecular weight is 251 g/mol. The fraction of sp³-hybridized carbons (Fsp3) is 0.500. The van der Waals surface area contributed by atoms with E-state index in [0.717, 1.165) is 19.3 Å². The first-order valence-corrected chi connectivity index (χ1v) is 6.32. The minimum Gasteiger partial charge on any atom is -0.388 e. The summed E-state index contributed by atoms with van der Waals surface area (Å²) in [6.07, 6.45) is 3.15. The van der Waals surface area contributed by atoms with Crippen molar-refractivity contribution in [2.24, 2.45) is 0 Å². The maximum absolute atomic E-state index is 13.3. The number of hydrogen-bond donors (Lipinski definition) is 2. The van der Waals surface area contributed by atoms with E-state index in [4.69, 9.17) is 0 Å². The summed E-state index contributed by atoms with van der Waals surface area (Å²) < 4.78 is 13.3. The highest BCUT2D eigenvalue weighted by Gasteiger charge is 2.34. The van der Waals surface area contributed by atoms with Crippen LogP contribution in [0.5, 0.6) is 0 Å². The second-order valence-electron chi connectivity index (χ2n) is 4.95. The fourth-order valence-electron chi connectivity index (χ4n) is 2.06. The molecular formula is C14H18FNO2. The highest BCUT2D eigenvalue weighted by molar-refractivity contribution is 5.76. The van der Waals surface area contributed by atoms with Crippen molar-refractivity contribution in [2.45, 2.75) is 37.7 Å². The van der Waals surface area contributed by atoms with Gasteiger partial charge in [-0.2, -0.15) is 0 Å². The Morgan fingerprint density at radius 2 is 2.11 bits per heavy atom. The van der Waals surface area contributed by atoms with E-state index >= 15 is 0 Å². The number of amides is 1. The summed E-state index contributed by atoms with van der Waals surface area (Å²) in [5.41, 5.74) is -0.150. The molecule has 1 fully saturated rings. The summed E-state index contributed by atoms with van der Waals surface area (Å²) in [6, 6.07) is 6.46. The number of aryl methyl sites for hydroxylation is 1. The number of hydrogen-bond acceptors (Lipinski definition) is 2. The molecule has 0 aliphatic heterocycles. The number of carbonyl (C=O) groups excluding carboxylic acids is 1. The first-order valence-electron chi connectivity index (χ1n) is 6.32. The van der Waals surface area contributed by atoms with Gasteiger partial charge >= 0.3 is 0 Å². The smallest absolute Gasteiger partial charge is 0.220 e. The van der Waals surface area contributed by atoms with Crippen LogP contribution in [-0.2, 0) is 11.2 Å². The third-order valence-corrected chi connectivity index (χ3v) is 3.48. The maximum atomic E-state index is 13.3. The van der Waals surface area contributed by atoms with Crippen LogP contribution in [0, 0.1) is 5.82 Å². The SMILES string of the molecule is O=C(CCc1ccccc1F)NCC1(O)CCC1. The number of carbonyl (C=O) groups is 1. The van der Waals surface area contributed by atoms with Gasteiger partial charge in [0.1, 0.15) is 5.82 Å². The second kappa shape index (κ2) is 5.48. The topological polar surface area (TPSA) is 49.3 Å². The summed E-state index contributed by atoms with van der Waals surface area (Å²) in [4.78, 5) is 11.6. The van der Waals surface area contributed by atoms with Crippen molar-refractivity contribution in [2.75, 3.05) is 6.54 Å². The monoisotopic (exact) mass is 251 g/mol. The van der Waals surface area contributed by atoms with Gasteiger partial charge in [-0.1, -0.05) is 18.2 Å². The van der Waals surface area contributed by atoms with Crippen LogP contribution in [0.2, 0.25) is 0 Å². The standard InChI is InChI=1S/C14H18FNO2/c15-12-5-2-1-4-11(12)6-7-13(17)16-10-14(18)8-3-9-14/h1-2,4-5,18H,3,6-10H2,(H,16,17).